The first-order valence-corrected chi connectivity index (χ1v) is 22.4. The molecule has 0 amide bonds. The van der Waals surface area contributed by atoms with Crippen LogP contribution < -0.4 is 0 Å². The van der Waals surface area contributed by atoms with Crippen molar-refractivity contribution in [3.8, 4) is 6.07 Å². The number of hydrogen-bond donors (Lipinski definition) is 0. The van der Waals surface area contributed by atoms with Gasteiger partial charge in [-0.2, -0.15) is 18.4 Å². The summed E-state index contributed by atoms with van der Waals surface area (Å²) in [7, 11) is -5.88. The molecule has 0 spiro atoms. The van der Waals surface area contributed by atoms with E-state index in [-0.39, 0.29) is 64.3 Å². The molecule has 3 aromatic carbocycles. The van der Waals surface area contributed by atoms with Crippen molar-refractivity contribution in [2.75, 3.05) is 19.8 Å². The Hall–Kier alpha value is -4.49. The van der Waals surface area contributed by atoms with Crippen molar-refractivity contribution in [3.05, 3.63) is 94.4 Å². The Bertz CT molecular complexity index is 2310. The van der Waals surface area contributed by atoms with Gasteiger partial charge in [0.2, 0.25) is 5.60 Å². The maximum atomic E-state index is 16.5. The zero-order valence-corrected chi connectivity index (χ0v) is 32.6. The van der Waals surface area contributed by atoms with Gasteiger partial charge in [0.1, 0.15) is 13.3 Å². The van der Waals surface area contributed by atoms with Crippen LogP contribution >= 0.6 is 0 Å². The molecule has 0 fully saturated rings. The van der Waals surface area contributed by atoms with Crippen LogP contribution in [0.3, 0.4) is 0 Å². The number of aromatic nitrogens is 3. The summed E-state index contributed by atoms with van der Waals surface area (Å²) in [5.41, 5.74) is -1.98. The van der Waals surface area contributed by atoms with Crippen LogP contribution in [0.2, 0.25) is 25.7 Å². The van der Waals surface area contributed by atoms with Crippen molar-refractivity contribution in [2.24, 2.45) is 0 Å². The van der Waals surface area contributed by atoms with Gasteiger partial charge < -0.3 is 18.8 Å². The van der Waals surface area contributed by atoms with Crippen LogP contribution in [0.15, 0.2) is 65.7 Å². The fourth-order valence-corrected chi connectivity index (χ4v) is 8.57. The quantitative estimate of drug-likeness (QED) is 0.0633. The normalized spacial score (nSPS) is 13.7. The number of benzene rings is 3. The molecule has 5 aromatic rings. The molecule has 0 aliphatic heterocycles. The van der Waals surface area contributed by atoms with Crippen LogP contribution in [0.25, 0.3) is 21.9 Å². The Labute approximate surface area is 308 Å². The van der Waals surface area contributed by atoms with Crippen LogP contribution in [-0.2, 0) is 47.8 Å². The Kier molecular flexibility index (Phi) is 11.3. The molecular formula is C38H43F3N4O6SSi. The lowest BCUT2D eigenvalue weighted by Crippen LogP contribution is -2.50. The average molecular weight is 769 g/mol. The molecule has 0 aliphatic carbocycles. The van der Waals surface area contributed by atoms with Gasteiger partial charge in [-0.3, -0.25) is 0 Å². The van der Waals surface area contributed by atoms with E-state index in [1.165, 1.54) is 60.2 Å². The van der Waals surface area contributed by atoms with Crippen LogP contribution in [0.1, 0.15) is 47.5 Å². The zero-order valence-electron chi connectivity index (χ0n) is 30.8. The highest BCUT2D eigenvalue weighted by Crippen LogP contribution is 2.52. The zero-order chi connectivity index (χ0) is 38.9. The van der Waals surface area contributed by atoms with E-state index in [2.05, 4.69) is 24.6 Å². The van der Waals surface area contributed by atoms with Crippen molar-refractivity contribution >= 4 is 46.0 Å². The van der Waals surface area contributed by atoms with E-state index in [0.717, 1.165) is 15.6 Å². The minimum absolute atomic E-state index is 0.00643. The summed E-state index contributed by atoms with van der Waals surface area (Å²) < 4.78 is 96.9. The summed E-state index contributed by atoms with van der Waals surface area (Å²) in [5.74, 6) is -1.69. The minimum atomic E-state index is -5.31. The molecule has 0 saturated carbocycles. The Morgan fingerprint density at radius 1 is 1.02 bits per heavy atom. The van der Waals surface area contributed by atoms with Gasteiger partial charge in [-0.15, -0.1) is 0 Å². The first-order chi connectivity index (χ1) is 24.9. The number of fused-ring (bicyclic) bond motifs is 2. The number of carbonyl (C=O) groups is 1. The van der Waals surface area contributed by atoms with Crippen LogP contribution in [0.5, 0.6) is 0 Å². The second kappa shape index (κ2) is 15.1. The van der Waals surface area contributed by atoms with Crippen molar-refractivity contribution in [3.63, 3.8) is 0 Å². The lowest BCUT2D eigenvalue weighted by molar-refractivity contribution is -0.270. The molecule has 1 unspecified atom stereocenters. The number of carbonyl (C=O) groups excluding carboxylic acids is 1. The molecule has 15 heteroatoms. The van der Waals surface area contributed by atoms with Gasteiger partial charge in [0.05, 0.1) is 39.7 Å². The van der Waals surface area contributed by atoms with Gasteiger partial charge in [0.25, 0.3) is 10.0 Å². The Morgan fingerprint density at radius 2 is 1.72 bits per heavy atom. The molecule has 0 bridgehead atoms. The van der Waals surface area contributed by atoms with E-state index in [1.807, 2.05) is 13.0 Å². The maximum Gasteiger partial charge on any atom is 0.429 e. The lowest BCUT2D eigenvalue weighted by atomic mass is 9.83. The molecule has 2 heterocycles. The fraction of sp³-hybridized carbons (Fsp3) is 0.395. The maximum absolute atomic E-state index is 16.5. The number of hydrogen-bond acceptors (Lipinski definition) is 8. The van der Waals surface area contributed by atoms with Gasteiger partial charge in [0.15, 0.2) is 5.82 Å². The molecule has 0 saturated heterocycles. The van der Waals surface area contributed by atoms with Gasteiger partial charge in [0, 0.05) is 31.8 Å². The molecule has 1 atom stereocenters. The highest BCUT2D eigenvalue weighted by atomic mass is 32.2. The summed E-state index contributed by atoms with van der Waals surface area (Å²) >= 11 is 0. The highest BCUT2D eigenvalue weighted by molar-refractivity contribution is 7.90. The molecule has 2 aromatic heterocycles. The van der Waals surface area contributed by atoms with E-state index < -0.39 is 53.8 Å². The SMILES string of the molecule is CCOC(=O)COC(c1c(CC)cc(C)c2c1ccn2S(=O)(=O)c1ccc(C)cc1)(c1nc2cc(C#N)ccc2n1COCC[Si](C)(C)C)C(F)(F)F. The molecule has 0 aliphatic rings. The smallest absolute Gasteiger partial charge is 0.429 e. The van der Waals surface area contributed by atoms with Gasteiger partial charge in [-0.25, -0.2) is 22.2 Å². The summed E-state index contributed by atoms with van der Waals surface area (Å²) in [6, 6.07) is 16.1. The lowest BCUT2D eigenvalue weighted by Gasteiger charge is -2.37. The van der Waals surface area contributed by atoms with E-state index in [4.69, 9.17) is 14.2 Å². The summed E-state index contributed by atoms with van der Waals surface area (Å²) in [6.07, 6.45) is -4.00. The molecule has 0 radical (unpaired) electrons. The number of ether oxygens (including phenoxy) is 3. The molecular weight excluding hydrogens is 726 g/mol. The van der Waals surface area contributed by atoms with E-state index >= 15 is 13.2 Å². The molecule has 5 rings (SSSR count). The first-order valence-electron chi connectivity index (χ1n) is 17.2. The Balaban J connectivity index is 1.90. The van der Waals surface area contributed by atoms with E-state index in [1.54, 1.807) is 26.0 Å². The van der Waals surface area contributed by atoms with Crippen LogP contribution in [0, 0.1) is 25.2 Å². The van der Waals surface area contributed by atoms with Crippen molar-refractivity contribution in [1.82, 2.24) is 13.5 Å². The summed E-state index contributed by atoms with van der Waals surface area (Å²) in [6.45, 7) is 11.8. The third kappa shape index (κ3) is 7.64. The third-order valence-electron chi connectivity index (χ3n) is 9.04. The van der Waals surface area contributed by atoms with Crippen molar-refractivity contribution in [2.45, 2.75) is 83.2 Å². The largest absolute Gasteiger partial charge is 0.464 e. The highest BCUT2D eigenvalue weighted by Gasteiger charge is 2.63. The topological polar surface area (TPSA) is 125 Å². The second-order valence-electron chi connectivity index (χ2n) is 14.1. The number of rotatable bonds is 14. The van der Waals surface area contributed by atoms with Gasteiger partial charge >= 0.3 is 12.1 Å². The van der Waals surface area contributed by atoms with Gasteiger partial charge in [-0.05, 0) is 80.8 Å². The number of nitrogens with zero attached hydrogens (tertiary/aromatic N) is 4. The molecule has 53 heavy (non-hydrogen) atoms. The molecule has 10 nitrogen and oxygen atoms in total. The monoisotopic (exact) mass is 768 g/mol. The number of alkyl halides is 3. The van der Waals surface area contributed by atoms with Gasteiger partial charge in [-0.1, -0.05) is 50.3 Å². The molecule has 282 valence electrons. The molecule has 0 N–H and O–H groups in total. The average Bonchev–Trinajstić information content (AvgIpc) is 3.70. The fourth-order valence-electron chi connectivity index (χ4n) is 6.40. The Morgan fingerprint density at radius 3 is 2.32 bits per heavy atom. The number of imidazole rings is 1. The minimum Gasteiger partial charge on any atom is -0.464 e. The van der Waals surface area contributed by atoms with Crippen LogP contribution in [0.4, 0.5) is 13.2 Å². The standard InChI is InChI=1S/C38H43F3N4O6SSi/c1-8-28-20-26(4)35-30(16-17-45(35)52(47,48)29-13-10-25(3)11-14-29)34(28)37(38(39,40)41,51-23-33(46)50-9-2)36-43-31-21-27(22-42)12-15-32(31)44(36)24-49-18-19-53(5,6)7/h10-17,20-21H,8-9,18-19,23-24H2,1-7H3. The summed E-state index contributed by atoms with van der Waals surface area (Å²) in [5, 5.41) is 9.59. The number of aryl methyl sites for hydroxylation is 3. The second-order valence-corrected chi connectivity index (χ2v) is 21.5. The summed E-state index contributed by atoms with van der Waals surface area (Å²) in [4.78, 5) is 17.3. The predicted octanol–water partition coefficient (Wildman–Crippen LogP) is 7.98. The van der Waals surface area contributed by atoms with E-state index in [0.29, 0.717) is 5.56 Å². The number of esters is 1. The predicted molar refractivity (Wildman–Crippen MR) is 198 cm³/mol. The van der Waals surface area contributed by atoms with Crippen molar-refractivity contribution < 1.29 is 40.6 Å². The van der Waals surface area contributed by atoms with Crippen LogP contribution in [-0.4, -0.2) is 62.0 Å². The third-order valence-corrected chi connectivity index (χ3v) is 12.4. The van der Waals surface area contributed by atoms with Crippen molar-refractivity contribution in [1.29, 1.82) is 5.26 Å². The van der Waals surface area contributed by atoms with E-state index in [9.17, 15) is 18.5 Å². The first kappa shape index (κ1) is 39.7. The number of halogens is 3. The number of nitriles is 1.